The van der Waals surface area contributed by atoms with Crippen LogP contribution in [0.2, 0.25) is 0 Å². The maximum Gasteiger partial charge on any atom is 0.0668 e. The maximum atomic E-state index is 12.5. The first-order valence-corrected chi connectivity index (χ1v) is 8.32. The fraction of sp³-hybridized carbons (Fsp3) is 0.562. The van der Waals surface area contributed by atoms with Crippen molar-refractivity contribution < 1.29 is 4.21 Å². The smallest absolute Gasteiger partial charge is 0.0668 e. The van der Waals surface area contributed by atoms with Crippen molar-refractivity contribution in [1.82, 2.24) is 0 Å². The largest absolute Gasteiger partial charge is 0.259 e. The van der Waals surface area contributed by atoms with Crippen LogP contribution in [0.15, 0.2) is 18.2 Å². The molecule has 0 saturated heterocycles. The third-order valence-corrected chi connectivity index (χ3v) is 5.65. The van der Waals surface area contributed by atoms with Crippen LogP contribution >= 0.6 is 0 Å². The summed E-state index contributed by atoms with van der Waals surface area (Å²) in [6.45, 7) is 4.14. The van der Waals surface area contributed by atoms with E-state index < -0.39 is 10.8 Å². The average molecular weight is 275 g/mol. The Morgan fingerprint density at radius 2 is 1.84 bits per heavy atom. The van der Waals surface area contributed by atoms with Gasteiger partial charge in [0, 0.05) is 16.6 Å². The number of benzene rings is 1. The van der Waals surface area contributed by atoms with E-state index in [2.05, 4.69) is 38.1 Å². The standard InChI is InChI=1S/C16H21NOS/c1-12-7-13(2)9-14(8-12)11-19(18)16-6-4-3-5-15(16)10-17/h7-9,15-16H,3-6,11H2,1-2H3. The number of hydrogen-bond donors (Lipinski definition) is 0. The summed E-state index contributed by atoms with van der Waals surface area (Å²) in [7, 11) is -0.926. The Labute approximate surface area is 118 Å². The van der Waals surface area contributed by atoms with Crippen LogP contribution in [-0.4, -0.2) is 9.46 Å². The average Bonchev–Trinajstić information content (AvgIpc) is 2.37. The molecule has 0 bridgehead atoms. The van der Waals surface area contributed by atoms with Crippen LogP contribution in [0.4, 0.5) is 0 Å². The summed E-state index contributed by atoms with van der Waals surface area (Å²) in [5, 5.41) is 9.25. The molecule has 0 aromatic heterocycles. The quantitative estimate of drug-likeness (QED) is 0.845. The van der Waals surface area contributed by atoms with Crippen molar-refractivity contribution in [3.05, 3.63) is 34.9 Å². The summed E-state index contributed by atoms with van der Waals surface area (Å²) in [5.41, 5.74) is 3.57. The zero-order valence-corrected chi connectivity index (χ0v) is 12.5. The second-order valence-electron chi connectivity index (χ2n) is 5.58. The molecule has 1 aromatic rings. The Hall–Kier alpha value is -1.14. The molecule has 102 valence electrons. The SMILES string of the molecule is Cc1cc(C)cc(CS(=O)C2CCCCC2C#N)c1. The molecule has 3 heteroatoms. The van der Waals surface area contributed by atoms with Crippen LogP contribution < -0.4 is 0 Å². The van der Waals surface area contributed by atoms with Crippen LogP contribution in [0.25, 0.3) is 0 Å². The van der Waals surface area contributed by atoms with Gasteiger partial charge in [0.2, 0.25) is 0 Å². The second-order valence-corrected chi connectivity index (χ2v) is 7.24. The lowest BCUT2D eigenvalue weighted by atomic mass is 9.90. The third kappa shape index (κ3) is 3.67. The normalized spacial score (nSPS) is 24.7. The molecule has 1 aromatic carbocycles. The van der Waals surface area contributed by atoms with Crippen molar-refractivity contribution in [2.24, 2.45) is 5.92 Å². The van der Waals surface area contributed by atoms with E-state index in [1.165, 1.54) is 11.1 Å². The van der Waals surface area contributed by atoms with Crippen molar-refractivity contribution >= 4 is 10.8 Å². The van der Waals surface area contributed by atoms with Gasteiger partial charge in [0.15, 0.2) is 0 Å². The lowest BCUT2D eigenvalue weighted by Gasteiger charge is -2.26. The third-order valence-electron chi connectivity index (χ3n) is 3.80. The Kier molecular flexibility index (Phi) is 4.76. The number of nitriles is 1. The molecule has 2 rings (SSSR count). The minimum absolute atomic E-state index is 0.0134. The first kappa shape index (κ1) is 14.3. The van der Waals surface area contributed by atoms with E-state index in [4.69, 9.17) is 0 Å². The van der Waals surface area contributed by atoms with Crippen molar-refractivity contribution in [1.29, 1.82) is 5.26 Å². The van der Waals surface area contributed by atoms with Gasteiger partial charge in [0.05, 0.1) is 17.2 Å². The van der Waals surface area contributed by atoms with Crippen LogP contribution in [0, 0.1) is 31.1 Å². The molecule has 1 aliphatic carbocycles. The van der Waals surface area contributed by atoms with E-state index in [-0.39, 0.29) is 11.2 Å². The van der Waals surface area contributed by atoms with Crippen molar-refractivity contribution in [2.45, 2.75) is 50.5 Å². The highest BCUT2D eigenvalue weighted by atomic mass is 32.2. The molecule has 0 heterocycles. The molecule has 19 heavy (non-hydrogen) atoms. The van der Waals surface area contributed by atoms with Crippen molar-refractivity contribution in [3.63, 3.8) is 0 Å². The topological polar surface area (TPSA) is 40.9 Å². The molecule has 2 nitrogen and oxygen atoms in total. The summed E-state index contributed by atoms with van der Waals surface area (Å²) in [6, 6.07) is 8.69. The van der Waals surface area contributed by atoms with Gasteiger partial charge in [-0.15, -0.1) is 0 Å². The summed E-state index contributed by atoms with van der Waals surface area (Å²) in [6.07, 6.45) is 4.08. The van der Waals surface area contributed by atoms with Gasteiger partial charge >= 0.3 is 0 Å². The Morgan fingerprint density at radius 1 is 1.21 bits per heavy atom. The second kappa shape index (κ2) is 6.34. The number of aryl methyl sites for hydroxylation is 2. The number of nitrogens with zero attached hydrogens (tertiary/aromatic N) is 1. The van der Waals surface area contributed by atoms with E-state index in [0.717, 1.165) is 31.2 Å². The van der Waals surface area contributed by atoms with E-state index in [0.29, 0.717) is 5.75 Å². The summed E-state index contributed by atoms with van der Waals surface area (Å²) >= 11 is 0. The zero-order chi connectivity index (χ0) is 13.8. The molecule has 0 N–H and O–H groups in total. The van der Waals surface area contributed by atoms with Gasteiger partial charge in [-0.05, 0) is 32.3 Å². The Morgan fingerprint density at radius 3 is 2.47 bits per heavy atom. The fourth-order valence-electron chi connectivity index (χ4n) is 2.98. The van der Waals surface area contributed by atoms with Crippen LogP contribution in [-0.2, 0) is 16.6 Å². The van der Waals surface area contributed by atoms with Gasteiger partial charge in [0.25, 0.3) is 0 Å². The van der Waals surface area contributed by atoms with E-state index in [1.54, 1.807) is 0 Å². The highest BCUT2D eigenvalue weighted by Gasteiger charge is 2.29. The van der Waals surface area contributed by atoms with Gasteiger partial charge < -0.3 is 0 Å². The van der Waals surface area contributed by atoms with E-state index in [9.17, 15) is 9.47 Å². The van der Waals surface area contributed by atoms with E-state index in [1.807, 2.05) is 0 Å². The first-order chi connectivity index (χ1) is 9.10. The summed E-state index contributed by atoms with van der Waals surface area (Å²) in [4.78, 5) is 0. The van der Waals surface area contributed by atoms with Crippen molar-refractivity contribution in [3.8, 4) is 6.07 Å². The highest BCUT2D eigenvalue weighted by molar-refractivity contribution is 7.84. The molecule has 0 aliphatic heterocycles. The molecule has 3 atom stereocenters. The highest BCUT2D eigenvalue weighted by Crippen LogP contribution is 2.29. The van der Waals surface area contributed by atoms with Crippen LogP contribution in [0.1, 0.15) is 42.4 Å². The number of hydrogen-bond acceptors (Lipinski definition) is 2. The molecule has 1 aliphatic rings. The predicted octanol–water partition coefficient (Wildman–Crippen LogP) is 3.63. The maximum absolute atomic E-state index is 12.5. The fourth-order valence-corrected chi connectivity index (χ4v) is 4.69. The monoisotopic (exact) mass is 275 g/mol. The molecular formula is C16H21NOS. The first-order valence-electron chi connectivity index (χ1n) is 6.94. The van der Waals surface area contributed by atoms with E-state index >= 15 is 0 Å². The Balaban J connectivity index is 2.09. The molecule has 1 saturated carbocycles. The zero-order valence-electron chi connectivity index (χ0n) is 11.7. The molecule has 1 fully saturated rings. The molecule has 3 unspecified atom stereocenters. The van der Waals surface area contributed by atoms with Crippen LogP contribution in [0.5, 0.6) is 0 Å². The van der Waals surface area contributed by atoms with Gasteiger partial charge in [0.1, 0.15) is 0 Å². The molecular weight excluding hydrogens is 254 g/mol. The minimum atomic E-state index is -0.926. The van der Waals surface area contributed by atoms with Crippen LogP contribution in [0.3, 0.4) is 0 Å². The minimum Gasteiger partial charge on any atom is -0.259 e. The summed E-state index contributed by atoms with van der Waals surface area (Å²) in [5.74, 6) is 0.575. The van der Waals surface area contributed by atoms with Gasteiger partial charge in [-0.3, -0.25) is 4.21 Å². The lowest BCUT2D eigenvalue weighted by Crippen LogP contribution is -2.29. The molecule has 0 radical (unpaired) electrons. The predicted molar refractivity (Wildman–Crippen MR) is 79.1 cm³/mol. The van der Waals surface area contributed by atoms with Gasteiger partial charge in [-0.25, -0.2) is 0 Å². The summed E-state index contributed by atoms with van der Waals surface area (Å²) < 4.78 is 12.5. The van der Waals surface area contributed by atoms with Crippen molar-refractivity contribution in [2.75, 3.05) is 0 Å². The number of rotatable bonds is 3. The molecule has 0 spiro atoms. The van der Waals surface area contributed by atoms with Gasteiger partial charge in [-0.1, -0.05) is 42.2 Å². The lowest BCUT2D eigenvalue weighted by molar-refractivity contribution is 0.431. The molecule has 0 amide bonds. The van der Waals surface area contributed by atoms with Gasteiger partial charge in [-0.2, -0.15) is 5.26 Å². The Bertz CT molecular complexity index is 498.